The Balaban J connectivity index is 2.51. The Morgan fingerprint density at radius 3 is 2.83 bits per heavy atom. The van der Waals surface area contributed by atoms with Crippen LogP contribution in [0.3, 0.4) is 0 Å². The molecule has 1 N–H and O–H groups in total. The number of likely N-dealkylation sites (N-methyl/N-ethyl adjacent to an activating group) is 1. The lowest BCUT2D eigenvalue weighted by Crippen LogP contribution is -2.36. The van der Waals surface area contributed by atoms with Crippen molar-refractivity contribution in [3.8, 4) is 5.75 Å². The lowest BCUT2D eigenvalue weighted by Gasteiger charge is -2.18. The number of methoxy groups -OCH3 is 2. The smallest absolute Gasteiger partial charge is 0.240 e. The molecule has 5 nitrogen and oxygen atoms in total. The number of rotatable bonds is 7. The largest absolute Gasteiger partial charge is 0.497 e. The van der Waals surface area contributed by atoms with E-state index in [0.717, 1.165) is 11.4 Å². The van der Waals surface area contributed by atoms with Crippen molar-refractivity contribution >= 4 is 11.6 Å². The van der Waals surface area contributed by atoms with Crippen LogP contribution in [0.1, 0.15) is 0 Å². The highest BCUT2D eigenvalue weighted by Crippen LogP contribution is 2.19. The fourth-order valence-electron chi connectivity index (χ4n) is 1.45. The van der Waals surface area contributed by atoms with Crippen LogP contribution in [0, 0.1) is 0 Å². The number of carbonyl (C=O) groups excluding carboxylic acids is 1. The summed E-state index contributed by atoms with van der Waals surface area (Å²) in [5.41, 5.74) is 0.813. The summed E-state index contributed by atoms with van der Waals surface area (Å²) in [7, 11) is 4.98. The molecule has 0 saturated heterocycles. The molecule has 1 aromatic rings. The van der Waals surface area contributed by atoms with Gasteiger partial charge >= 0.3 is 0 Å². The van der Waals surface area contributed by atoms with Gasteiger partial charge in [-0.3, -0.25) is 4.79 Å². The van der Waals surface area contributed by atoms with Gasteiger partial charge in [0.25, 0.3) is 0 Å². The summed E-state index contributed by atoms with van der Waals surface area (Å²) < 4.78 is 10.0. The van der Waals surface area contributed by atoms with E-state index in [9.17, 15) is 4.79 Å². The summed E-state index contributed by atoms with van der Waals surface area (Å²) >= 11 is 0. The molecule has 18 heavy (non-hydrogen) atoms. The third-order valence-corrected chi connectivity index (χ3v) is 2.57. The van der Waals surface area contributed by atoms with Crippen molar-refractivity contribution in [3.05, 3.63) is 24.3 Å². The molecule has 100 valence electrons. The number of hydrogen-bond donors (Lipinski definition) is 1. The highest BCUT2D eigenvalue weighted by atomic mass is 16.5. The highest BCUT2D eigenvalue weighted by molar-refractivity contribution is 5.94. The van der Waals surface area contributed by atoms with Crippen LogP contribution in [0.25, 0.3) is 0 Å². The van der Waals surface area contributed by atoms with Crippen molar-refractivity contribution in [2.24, 2.45) is 0 Å². The summed E-state index contributed by atoms with van der Waals surface area (Å²) in [6.45, 7) is 1.54. The van der Waals surface area contributed by atoms with Crippen LogP contribution in [0.2, 0.25) is 0 Å². The quantitative estimate of drug-likeness (QED) is 0.732. The molecular weight excluding hydrogens is 232 g/mol. The molecule has 0 bridgehead atoms. The zero-order chi connectivity index (χ0) is 13.4. The number of anilines is 1. The second kappa shape index (κ2) is 7.68. The van der Waals surface area contributed by atoms with Crippen molar-refractivity contribution in [1.82, 2.24) is 5.32 Å². The minimum Gasteiger partial charge on any atom is -0.497 e. The number of amides is 1. The lowest BCUT2D eigenvalue weighted by atomic mass is 10.2. The van der Waals surface area contributed by atoms with E-state index in [2.05, 4.69) is 5.32 Å². The van der Waals surface area contributed by atoms with Crippen LogP contribution >= 0.6 is 0 Å². The molecule has 0 aliphatic carbocycles. The molecule has 0 atom stereocenters. The van der Waals surface area contributed by atoms with E-state index in [0.29, 0.717) is 13.2 Å². The van der Waals surface area contributed by atoms with E-state index in [1.165, 1.54) is 0 Å². The Bertz CT molecular complexity index is 382. The Morgan fingerprint density at radius 2 is 2.17 bits per heavy atom. The van der Waals surface area contributed by atoms with E-state index in [-0.39, 0.29) is 12.5 Å². The number of nitrogens with zero attached hydrogens (tertiary/aromatic N) is 1. The Kier molecular flexibility index (Phi) is 6.18. The summed E-state index contributed by atoms with van der Waals surface area (Å²) in [5.74, 6) is 0.735. The maximum absolute atomic E-state index is 11.9. The van der Waals surface area contributed by atoms with Gasteiger partial charge in [-0.05, 0) is 12.1 Å². The molecule has 5 heteroatoms. The lowest BCUT2D eigenvalue weighted by molar-refractivity contribution is -0.117. The predicted molar refractivity (Wildman–Crippen MR) is 71.1 cm³/mol. The molecule has 0 radical (unpaired) electrons. The Labute approximate surface area is 108 Å². The first-order valence-electron chi connectivity index (χ1n) is 5.79. The first kappa shape index (κ1) is 14.5. The average Bonchev–Trinajstić information content (AvgIpc) is 2.42. The fourth-order valence-corrected chi connectivity index (χ4v) is 1.45. The SMILES string of the molecule is COCCNCC(=O)N(C)c1cccc(OC)c1. The summed E-state index contributed by atoms with van der Waals surface area (Å²) in [6.07, 6.45) is 0. The fraction of sp³-hybridized carbons (Fsp3) is 0.462. The molecule has 1 amide bonds. The van der Waals surface area contributed by atoms with Crippen molar-refractivity contribution in [2.75, 3.05) is 45.9 Å². The number of ether oxygens (including phenoxy) is 2. The Hall–Kier alpha value is -1.59. The second-order valence-corrected chi connectivity index (χ2v) is 3.82. The predicted octanol–water partition coefficient (Wildman–Crippen LogP) is 0.894. The molecule has 1 rings (SSSR count). The topological polar surface area (TPSA) is 50.8 Å². The molecule has 0 heterocycles. The maximum Gasteiger partial charge on any atom is 0.240 e. The molecule has 1 aromatic carbocycles. The van der Waals surface area contributed by atoms with Crippen LogP contribution in [0.5, 0.6) is 5.75 Å². The molecule has 0 saturated carbocycles. The van der Waals surface area contributed by atoms with E-state index in [4.69, 9.17) is 9.47 Å². The van der Waals surface area contributed by atoms with E-state index in [1.807, 2.05) is 24.3 Å². The monoisotopic (exact) mass is 252 g/mol. The molecular formula is C13H20N2O3. The number of hydrogen-bond acceptors (Lipinski definition) is 4. The molecule has 0 aliphatic heterocycles. The molecule has 0 spiro atoms. The summed E-state index contributed by atoms with van der Waals surface area (Å²) in [5, 5.41) is 3.02. The van der Waals surface area contributed by atoms with Crippen LogP contribution in [-0.4, -0.2) is 46.9 Å². The average molecular weight is 252 g/mol. The minimum atomic E-state index is -0.000596. The molecule has 0 aromatic heterocycles. The third-order valence-electron chi connectivity index (χ3n) is 2.57. The van der Waals surface area contributed by atoms with E-state index >= 15 is 0 Å². The first-order chi connectivity index (χ1) is 8.69. The molecule has 0 aliphatic rings. The van der Waals surface area contributed by atoms with Crippen LogP contribution in [-0.2, 0) is 9.53 Å². The van der Waals surface area contributed by atoms with E-state index in [1.54, 1.807) is 26.2 Å². The van der Waals surface area contributed by atoms with Gasteiger partial charge < -0.3 is 19.7 Å². The number of benzene rings is 1. The van der Waals surface area contributed by atoms with Gasteiger partial charge in [0.15, 0.2) is 0 Å². The van der Waals surface area contributed by atoms with Crippen molar-refractivity contribution in [3.63, 3.8) is 0 Å². The second-order valence-electron chi connectivity index (χ2n) is 3.82. The van der Waals surface area contributed by atoms with Crippen LogP contribution < -0.4 is 15.0 Å². The Morgan fingerprint density at radius 1 is 1.39 bits per heavy atom. The third kappa shape index (κ3) is 4.35. The molecule has 0 fully saturated rings. The van der Waals surface area contributed by atoms with Crippen molar-refractivity contribution < 1.29 is 14.3 Å². The zero-order valence-corrected chi connectivity index (χ0v) is 11.1. The van der Waals surface area contributed by atoms with Gasteiger partial charge in [0, 0.05) is 32.5 Å². The minimum absolute atomic E-state index is 0.000596. The van der Waals surface area contributed by atoms with Gasteiger partial charge in [0.05, 0.1) is 20.3 Å². The van der Waals surface area contributed by atoms with Gasteiger partial charge in [0.2, 0.25) is 5.91 Å². The maximum atomic E-state index is 11.9. The van der Waals surface area contributed by atoms with Gasteiger partial charge in [-0.2, -0.15) is 0 Å². The van der Waals surface area contributed by atoms with Gasteiger partial charge in [-0.1, -0.05) is 6.07 Å². The number of nitrogens with one attached hydrogen (secondary N) is 1. The zero-order valence-electron chi connectivity index (χ0n) is 11.1. The van der Waals surface area contributed by atoms with Crippen LogP contribution in [0.4, 0.5) is 5.69 Å². The van der Waals surface area contributed by atoms with E-state index < -0.39 is 0 Å². The van der Waals surface area contributed by atoms with Gasteiger partial charge in [-0.25, -0.2) is 0 Å². The van der Waals surface area contributed by atoms with Crippen molar-refractivity contribution in [2.45, 2.75) is 0 Å². The van der Waals surface area contributed by atoms with Crippen molar-refractivity contribution in [1.29, 1.82) is 0 Å². The highest BCUT2D eigenvalue weighted by Gasteiger charge is 2.10. The first-order valence-corrected chi connectivity index (χ1v) is 5.79. The van der Waals surface area contributed by atoms with Gasteiger partial charge in [0.1, 0.15) is 5.75 Å². The normalized spacial score (nSPS) is 10.2. The van der Waals surface area contributed by atoms with Crippen LogP contribution in [0.15, 0.2) is 24.3 Å². The standard InChI is InChI=1S/C13H20N2O3/c1-15(13(16)10-14-7-8-17-2)11-5-4-6-12(9-11)18-3/h4-6,9,14H,7-8,10H2,1-3H3. The summed E-state index contributed by atoms with van der Waals surface area (Å²) in [6, 6.07) is 7.40. The summed E-state index contributed by atoms with van der Waals surface area (Å²) in [4.78, 5) is 13.5. The number of carbonyl (C=O) groups is 1. The van der Waals surface area contributed by atoms with Gasteiger partial charge in [-0.15, -0.1) is 0 Å². The molecule has 0 unspecified atom stereocenters.